The molecular formula is C19H16O4. The largest absolute Gasteiger partial charge is 0.465 e. The molecule has 0 amide bonds. The van der Waals surface area contributed by atoms with Crippen LogP contribution in [0.2, 0.25) is 0 Å². The quantitative estimate of drug-likeness (QED) is 0.789. The summed E-state index contributed by atoms with van der Waals surface area (Å²) in [4.78, 5) is 25.3. The van der Waals surface area contributed by atoms with Crippen molar-refractivity contribution in [2.45, 2.75) is 19.3 Å². The van der Waals surface area contributed by atoms with E-state index in [1.165, 1.54) is 0 Å². The molecule has 0 aliphatic heterocycles. The summed E-state index contributed by atoms with van der Waals surface area (Å²) in [6.45, 7) is 0. The topological polar surface area (TPSA) is 60.4 Å². The Morgan fingerprint density at radius 3 is 1.70 bits per heavy atom. The third-order valence-corrected chi connectivity index (χ3v) is 4.60. The van der Waals surface area contributed by atoms with Crippen LogP contribution in [0.3, 0.4) is 0 Å². The van der Waals surface area contributed by atoms with Gasteiger partial charge in [0.25, 0.3) is 0 Å². The first-order valence-electron chi connectivity index (χ1n) is 7.77. The van der Waals surface area contributed by atoms with Crippen LogP contribution in [-0.2, 0) is 9.59 Å². The Bertz CT molecular complexity index is 722. The molecule has 4 heteroatoms. The first-order valence-corrected chi connectivity index (χ1v) is 7.77. The van der Waals surface area contributed by atoms with E-state index >= 15 is 0 Å². The zero-order valence-corrected chi connectivity index (χ0v) is 12.5. The van der Waals surface area contributed by atoms with E-state index in [4.69, 9.17) is 8.83 Å². The van der Waals surface area contributed by atoms with Crippen LogP contribution in [0.25, 0.3) is 12.2 Å². The maximum atomic E-state index is 12.6. The average Bonchev–Trinajstić information content (AvgIpc) is 3.22. The van der Waals surface area contributed by atoms with E-state index in [1.807, 2.05) is 12.1 Å². The highest BCUT2D eigenvalue weighted by Gasteiger charge is 2.41. The molecule has 116 valence electrons. The van der Waals surface area contributed by atoms with Crippen LogP contribution in [0.4, 0.5) is 0 Å². The maximum Gasteiger partial charge on any atom is 0.162 e. The summed E-state index contributed by atoms with van der Waals surface area (Å²) in [5.41, 5.74) is 1.40. The lowest BCUT2D eigenvalue weighted by atomic mass is 9.67. The fourth-order valence-corrected chi connectivity index (χ4v) is 3.52. The highest BCUT2D eigenvalue weighted by atomic mass is 16.3. The van der Waals surface area contributed by atoms with Gasteiger partial charge in [0.15, 0.2) is 11.6 Å². The third kappa shape index (κ3) is 2.61. The summed E-state index contributed by atoms with van der Waals surface area (Å²) < 4.78 is 10.6. The van der Waals surface area contributed by atoms with Gasteiger partial charge in [0, 0.05) is 11.8 Å². The molecule has 2 aliphatic rings. The molecule has 0 unspecified atom stereocenters. The number of allylic oxidation sites excluding steroid dienone is 2. The lowest BCUT2D eigenvalue weighted by molar-refractivity contribution is -0.127. The molecule has 0 radical (unpaired) electrons. The van der Waals surface area contributed by atoms with Gasteiger partial charge in [0.05, 0.1) is 12.5 Å². The lowest BCUT2D eigenvalue weighted by Crippen LogP contribution is -2.37. The van der Waals surface area contributed by atoms with Gasteiger partial charge in [-0.1, -0.05) is 0 Å². The van der Waals surface area contributed by atoms with E-state index in [1.54, 1.807) is 36.8 Å². The van der Waals surface area contributed by atoms with Crippen molar-refractivity contribution in [3.05, 3.63) is 59.5 Å². The zero-order chi connectivity index (χ0) is 15.8. The number of hydrogen-bond acceptors (Lipinski definition) is 4. The number of hydrogen-bond donors (Lipinski definition) is 0. The Morgan fingerprint density at radius 1 is 0.826 bits per heavy atom. The van der Waals surface area contributed by atoms with E-state index < -0.39 is 0 Å². The van der Waals surface area contributed by atoms with Crippen LogP contribution in [0.5, 0.6) is 0 Å². The standard InChI is InChI=1S/C19H16O4/c20-18-13-7-12(8-14(18)10-16-3-1-5-22-16)19(21)15(9-13)11-17-4-2-6-23-17/h1-6,10-13H,7-9H2/b14-10-,15-11?/t12-,13-/m0/s1. The fraction of sp³-hybridized carbons (Fsp3) is 0.263. The summed E-state index contributed by atoms with van der Waals surface area (Å²) in [7, 11) is 0. The van der Waals surface area contributed by atoms with Gasteiger partial charge in [0.2, 0.25) is 0 Å². The molecule has 23 heavy (non-hydrogen) atoms. The minimum absolute atomic E-state index is 0.117. The minimum atomic E-state index is -0.117. The van der Waals surface area contributed by atoms with Crippen molar-refractivity contribution in [3.63, 3.8) is 0 Å². The van der Waals surface area contributed by atoms with Crippen molar-refractivity contribution < 1.29 is 18.4 Å². The van der Waals surface area contributed by atoms with Crippen molar-refractivity contribution in [2.75, 3.05) is 0 Å². The van der Waals surface area contributed by atoms with E-state index in [2.05, 4.69) is 0 Å². The summed E-state index contributed by atoms with van der Waals surface area (Å²) in [6, 6.07) is 7.20. The molecule has 2 fully saturated rings. The Labute approximate surface area is 133 Å². The predicted molar refractivity (Wildman–Crippen MR) is 84.2 cm³/mol. The van der Waals surface area contributed by atoms with Crippen LogP contribution < -0.4 is 0 Å². The molecule has 2 saturated carbocycles. The molecule has 2 aromatic rings. The van der Waals surface area contributed by atoms with E-state index in [-0.39, 0.29) is 23.4 Å². The molecule has 0 N–H and O–H groups in total. The van der Waals surface area contributed by atoms with Gasteiger partial charge in [0.1, 0.15) is 11.5 Å². The molecule has 4 rings (SSSR count). The Hall–Kier alpha value is -2.62. The molecule has 0 saturated heterocycles. The SMILES string of the molecule is O=C1C(=Cc2ccco2)C[C@@H]2C[C@H]1C/C(=C/c1ccco1)C2=O. The molecule has 2 aliphatic carbocycles. The molecule has 2 heterocycles. The predicted octanol–water partition coefficient (Wildman–Crippen LogP) is 3.91. The average molecular weight is 308 g/mol. The Morgan fingerprint density at radius 2 is 1.30 bits per heavy atom. The second kappa shape index (κ2) is 5.54. The minimum Gasteiger partial charge on any atom is -0.465 e. The molecule has 2 aromatic heterocycles. The van der Waals surface area contributed by atoms with Gasteiger partial charge < -0.3 is 8.83 Å². The maximum absolute atomic E-state index is 12.6. The molecule has 4 nitrogen and oxygen atoms in total. The van der Waals surface area contributed by atoms with E-state index in [9.17, 15) is 9.59 Å². The fourth-order valence-electron chi connectivity index (χ4n) is 3.52. The van der Waals surface area contributed by atoms with Crippen LogP contribution in [0.15, 0.2) is 56.8 Å². The second-order valence-electron chi connectivity index (χ2n) is 6.14. The van der Waals surface area contributed by atoms with Gasteiger partial charge >= 0.3 is 0 Å². The van der Waals surface area contributed by atoms with Crippen molar-refractivity contribution in [1.82, 2.24) is 0 Å². The van der Waals surface area contributed by atoms with Gasteiger partial charge in [-0.05, 0) is 66.8 Å². The molecule has 2 bridgehead atoms. The number of Topliss-reactive ketones (excluding diaryl/α,β-unsaturated/α-hetero) is 2. The third-order valence-electron chi connectivity index (χ3n) is 4.60. The van der Waals surface area contributed by atoms with Crippen LogP contribution in [-0.4, -0.2) is 11.6 Å². The Balaban J connectivity index is 1.63. The zero-order valence-electron chi connectivity index (χ0n) is 12.5. The van der Waals surface area contributed by atoms with Crippen LogP contribution >= 0.6 is 0 Å². The monoisotopic (exact) mass is 308 g/mol. The highest BCUT2D eigenvalue weighted by Crippen LogP contribution is 2.41. The highest BCUT2D eigenvalue weighted by molar-refractivity contribution is 6.09. The van der Waals surface area contributed by atoms with Crippen molar-refractivity contribution in [1.29, 1.82) is 0 Å². The number of ketones is 2. The van der Waals surface area contributed by atoms with Gasteiger partial charge in [-0.15, -0.1) is 0 Å². The van der Waals surface area contributed by atoms with Gasteiger partial charge in [-0.2, -0.15) is 0 Å². The first-order chi connectivity index (χ1) is 11.2. The lowest BCUT2D eigenvalue weighted by Gasteiger charge is -2.34. The van der Waals surface area contributed by atoms with Gasteiger partial charge in [-0.25, -0.2) is 0 Å². The summed E-state index contributed by atoms with van der Waals surface area (Å²) in [6.07, 6.45) is 8.34. The molecule has 0 spiro atoms. The summed E-state index contributed by atoms with van der Waals surface area (Å²) in [5, 5.41) is 0. The summed E-state index contributed by atoms with van der Waals surface area (Å²) in [5.74, 6) is 1.35. The van der Waals surface area contributed by atoms with Gasteiger partial charge in [-0.3, -0.25) is 9.59 Å². The van der Waals surface area contributed by atoms with Crippen molar-refractivity contribution in [3.8, 4) is 0 Å². The van der Waals surface area contributed by atoms with Crippen LogP contribution in [0.1, 0.15) is 30.8 Å². The number of fused-ring (bicyclic) bond motifs is 2. The van der Waals surface area contributed by atoms with Crippen molar-refractivity contribution >= 4 is 23.7 Å². The normalized spacial score (nSPS) is 27.8. The molecular weight excluding hydrogens is 292 g/mol. The number of furan rings is 2. The Kier molecular flexibility index (Phi) is 3.37. The summed E-state index contributed by atoms with van der Waals surface area (Å²) >= 11 is 0. The van der Waals surface area contributed by atoms with Crippen LogP contribution in [0, 0.1) is 11.8 Å². The smallest absolute Gasteiger partial charge is 0.162 e. The second-order valence-corrected chi connectivity index (χ2v) is 6.14. The molecule has 0 aromatic carbocycles. The van der Waals surface area contributed by atoms with E-state index in [0.717, 1.165) is 0 Å². The molecule has 2 atom stereocenters. The first kappa shape index (κ1) is 14.0. The van der Waals surface area contributed by atoms with Crippen molar-refractivity contribution in [2.24, 2.45) is 11.8 Å². The number of carbonyl (C=O) groups is 2. The van der Waals surface area contributed by atoms with E-state index in [0.29, 0.717) is 41.9 Å². The number of rotatable bonds is 2. The number of carbonyl (C=O) groups excluding carboxylic acids is 2.